The Hall–Kier alpha value is -3.25. The monoisotopic (exact) mass is 358 g/mol. The summed E-state index contributed by atoms with van der Waals surface area (Å²) in [5, 5.41) is 8.75. The Balaban J connectivity index is 1.40. The van der Waals surface area contributed by atoms with E-state index in [1.165, 1.54) is 5.56 Å². The molecule has 1 aliphatic heterocycles. The van der Waals surface area contributed by atoms with E-state index in [1.807, 2.05) is 60.1 Å². The lowest BCUT2D eigenvalue weighted by molar-refractivity contribution is -0.00113. The zero-order chi connectivity index (χ0) is 18.2. The molecule has 2 aromatic carbocycles. The number of nitrogens with zero attached hydrogens (tertiary/aromatic N) is 4. The number of benzene rings is 2. The van der Waals surface area contributed by atoms with Gasteiger partial charge in [0.1, 0.15) is 6.10 Å². The van der Waals surface area contributed by atoms with E-state index < -0.39 is 0 Å². The van der Waals surface area contributed by atoms with Crippen molar-refractivity contribution in [1.29, 1.82) is 0 Å². The van der Waals surface area contributed by atoms with Gasteiger partial charge in [-0.05, 0) is 18.6 Å². The number of aromatic nitrogens is 4. The van der Waals surface area contributed by atoms with Crippen LogP contribution in [0.4, 0.5) is 0 Å². The van der Waals surface area contributed by atoms with Gasteiger partial charge in [0.15, 0.2) is 5.69 Å². The second-order valence-corrected chi connectivity index (χ2v) is 6.70. The summed E-state index contributed by atoms with van der Waals surface area (Å²) < 4.78 is 13.4. The van der Waals surface area contributed by atoms with Crippen LogP contribution in [0.25, 0.3) is 23.0 Å². The van der Waals surface area contributed by atoms with E-state index in [2.05, 4.69) is 27.4 Å². The van der Waals surface area contributed by atoms with Crippen LogP contribution in [-0.4, -0.2) is 19.9 Å². The quantitative estimate of drug-likeness (QED) is 0.550. The number of rotatable bonds is 3. The molecular weight excluding hydrogens is 340 g/mol. The van der Waals surface area contributed by atoms with E-state index >= 15 is 0 Å². The Labute approximate surface area is 156 Å². The molecule has 0 saturated heterocycles. The summed E-state index contributed by atoms with van der Waals surface area (Å²) in [6.07, 6.45) is -0.00254. The Morgan fingerprint density at radius 2 is 1.85 bits per heavy atom. The van der Waals surface area contributed by atoms with Crippen molar-refractivity contribution in [1.82, 2.24) is 19.9 Å². The van der Waals surface area contributed by atoms with Gasteiger partial charge in [-0.2, -0.15) is 10.1 Å². The fraction of sp³-hybridized carbons (Fsp3) is 0.190. The number of ether oxygens (including phenoxy) is 1. The van der Waals surface area contributed by atoms with Crippen molar-refractivity contribution in [2.75, 3.05) is 0 Å². The van der Waals surface area contributed by atoms with Crippen LogP contribution >= 0.6 is 0 Å². The van der Waals surface area contributed by atoms with Gasteiger partial charge >= 0.3 is 0 Å². The van der Waals surface area contributed by atoms with Crippen LogP contribution in [0.15, 0.2) is 65.2 Å². The zero-order valence-electron chi connectivity index (χ0n) is 14.9. The summed E-state index contributed by atoms with van der Waals surface area (Å²) in [6, 6.07) is 20.2. The molecule has 0 bridgehead atoms. The molecule has 6 heteroatoms. The fourth-order valence-electron chi connectivity index (χ4n) is 3.25. The molecule has 6 nitrogen and oxygen atoms in total. The summed E-state index contributed by atoms with van der Waals surface area (Å²) in [7, 11) is 0. The van der Waals surface area contributed by atoms with Gasteiger partial charge in [-0.25, -0.2) is 0 Å². The molecular formula is C21H18N4O2. The summed E-state index contributed by atoms with van der Waals surface area (Å²) in [5.41, 5.74) is 4.95. The highest BCUT2D eigenvalue weighted by Crippen LogP contribution is 2.29. The topological polar surface area (TPSA) is 66.0 Å². The molecule has 0 aliphatic carbocycles. The van der Waals surface area contributed by atoms with Crippen molar-refractivity contribution >= 4 is 0 Å². The normalized spacial score (nSPS) is 16.3. The fourth-order valence-corrected chi connectivity index (χ4v) is 3.25. The lowest BCUT2D eigenvalue weighted by Gasteiger charge is -2.24. The van der Waals surface area contributed by atoms with Gasteiger partial charge < -0.3 is 9.26 Å². The molecule has 0 N–H and O–H groups in total. The highest BCUT2D eigenvalue weighted by Gasteiger charge is 2.24. The summed E-state index contributed by atoms with van der Waals surface area (Å²) in [6.45, 7) is 3.22. The molecule has 134 valence electrons. The lowest BCUT2D eigenvalue weighted by Crippen LogP contribution is -2.21. The number of hydrogen-bond acceptors (Lipinski definition) is 5. The van der Waals surface area contributed by atoms with E-state index in [0.29, 0.717) is 30.6 Å². The van der Waals surface area contributed by atoms with Gasteiger partial charge in [0.2, 0.25) is 5.82 Å². The summed E-state index contributed by atoms with van der Waals surface area (Å²) in [5.74, 6) is 0.984. The third-order valence-corrected chi connectivity index (χ3v) is 4.76. The highest BCUT2D eigenvalue weighted by atomic mass is 16.5. The maximum Gasteiger partial charge on any atom is 0.278 e. The van der Waals surface area contributed by atoms with E-state index in [1.54, 1.807) is 0 Å². The van der Waals surface area contributed by atoms with Crippen molar-refractivity contribution in [2.45, 2.75) is 26.2 Å². The Morgan fingerprint density at radius 3 is 2.67 bits per heavy atom. The van der Waals surface area contributed by atoms with E-state index in [9.17, 15) is 0 Å². The maximum atomic E-state index is 6.00. The van der Waals surface area contributed by atoms with Crippen LogP contribution < -0.4 is 0 Å². The molecule has 1 aliphatic rings. The van der Waals surface area contributed by atoms with E-state index in [-0.39, 0.29) is 6.10 Å². The van der Waals surface area contributed by atoms with Gasteiger partial charge in [0.25, 0.3) is 5.89 Å². The molecule has 0 radical (unpaired) electrons. The SMILES string of the molecule is Cc1ccc(-c2noc(-c3cc4n(n3)CC(c3ccccc3)OC4)n2)cc1. The van der Waals surface area contributed by atoms with Gasteiger partial charge in [-0.1, -0.05) is 65.3 Å². The van der Waals surface area contributed by atoms with Crippen molar-refractivity contribution in [3.63, 3.8) is 0 Å². The molecule has 0 spiro atoms. The van der Waals surface area contributed by atoms with Crippen LogP contribution in [0.2, 0.25) is 0 Å². The second-order valence-electron chi connectivity index (χ2n) is 6.70. The molecule has 2 aromatic heterocycles. The molecule has 27 heavy (non-hydrogen) atoms. The Bertz CT molecular complexity index is 1070. The first-order valence-corrected chi connectivity index (χ1v) is 8.91. The second kappa shape index (κ2) is 6.48. The van der Waals surface area contributed by atoms with Crippen molar-refractivity contribution < 1.29 is 9.26 Å². The third-order valence-electron chi connectivity index (χ3n) is 4.76. The Morgan fingerprint density at radius 1 is 1.04 bits per heavy atom. The number of aryl methyl sites for hydroxylation is 1. The largest absolute Gasteiger partial charge is 0.365 e. The van der Waals surface area contributed by atoms with Crippen LogP contribution in [0.5, 0.6) is 0 Å². The van der Waals surface area contributed by atoms with Crippen LogP contribution in [0.3, 0.4) is 0 Å². The molecule has 1 unspecified atom stereocenters. The molecule has 0 fully saturated rings. The van der Waals surface area contributed by atoms with Crippen LogP contribution in [0, 0.1) is 6.92 Å². The first-order valence-electron chi connectivity index (χ1n) is 8.91. The van der Waals surface area contributed by atoms with E-state index in [4.69, 9.17) is 9.26 Å². The van der Waals surface area contributed by atoms with Gasteiger partial charge in [-0.15, -0.1) is 0 Å². The summed E-state index contributed by atoms with van der Waals surface area (Å²) >= 11 is 0. The zero-order valence-corrected chi connectivity index (χ0v) is 14.9. The number of fused-ring (bicyclic) bond motifs is 1. The van der Waals surface area contributed by atoms with Crippen molar-refractivity contribution in [3.05, 3.63) is 77.5 Å². The van der Waals surface area contributed by atoms with Crippen LogP contribution in [0.1, 0.15) is 22.9 Å². The minimum atomic E-state index is -0.00254. The Kier molecular flexibility index (Phi) is 3.83. The maximum absolute atomic E-state index is 6.00. The minimum absolute atomic E-state index is 0.00254. The van der Waals surface area contributed by atoms with Gasteiger partial charge in [0, 0.05) is 5.56 Å². The van der Waals surface area contributed by atoms with Crippen molar-refractivity contribution in [3.8, 4) is 23.0 Å². The molecule has 1 atom stereocenters. The average Bonchev–Trinajstić information content (AvgIpc) is 3.36. The number of hydrogen-bond donors (Lipinski definition) is 0. The first kappa shape index (κ1) is 16.0. The predicted molar refractivity (Wildman–Crippen MR) is 99.7 cm³/mol. The van der Waals surface area contributed by atoms with Crippen LogP contribution in [-0.2, 0) is 17.9 Å². The minimum Gasteiger partial charge on any atom is -0.365 e. The third kappa shape index (κ3) is 3.04. The molecule has 4 aromatic rings. The highest BCUT2D eigenvalue weighted by molar-refractivity contribution is 5.58. The molecule has 5 rings (SSSR count). The smallest absolute Gasteiger partial charge is 0.278 e. The van der Waals surface area contributed by atoms with Gasteiger partial charge in [0.05, 0.1) is 18.8 Å². The first-order chi connectivity index (χ1) is 13.3. The standard InChI is InChI=1S/C21H18N4O2/c1-14-7-9-16(10-8-14)20-22-21(27-24-20)18-11-17-13-26-19(12-25(17)23-18)15-5-3-2-4-6-15/h2-11,19H,12-13H2,1H3. The lowest BCUT2D eigenvalue weighted by atomic mass is 10.1. The molecule has 0 saturated carbocycles. The predicted octanol–water partition coefficient (Wildman–Crippen LogP) is 4.18. The molecule has 3 heterocycles. The van der Waals surface area contributed by atoms with E-state index in [0.717, 1.165) is 16.8 Å². The summed E-state index contributed by atoms with van der Waals surface area (Å²) in [4.78, 5) is 4.51. The average molecular weight is 358 g/mol. The van der Waals surface area contributed by atoms with Gasteiger partial charge in [-0.3, -0.25) is 4.68 Å². The van der Waals surface area contributed by atoms with Crippen molar-refractivity contribution in [2.24, 2.45) is 0 Å². The molecule has 0 amide bonds.